The van der Waals surface area contributed by atoms with Crippen LogP contribution in [0, 0.1) is 0 Å². The Morgan fingerprint density at radius 1 is 0.786 bits per heavy atom. The highest BCUT2D eigenvalue weighted by atomic mass is 32.2. The van der Waals surface area contributed by atoms with E-state index in [-0.39, 0.29) is 0 Å². The summed E-state index contributed by atoms with van der Waals surface area (Å²) >= 11 is 1.69. The molecular weight excluding hydrogens is 190 g/mol. The van der Waals surface area contributed by atoms with Crippen molar-refractivity contribution in [3.05, 3.63) is 54.6 Å². The standard InChI is InChI=1S/C12H11NS/c13-11-8-4-5-9-12(11)14-10-6-2-1-3-7-10/h1-9H,13H2. The minimum Gasteiger partial charge on any atom is -0.398 e. The molecule has 0 unspecified atom stereocenters. The first-order chi connectivity index (χ1) is 6.86. The zero-order valence-electron chi connectivity index (χ0n) is 7.68. The van der Waals surface area contributed by atoms with Crippen molar-refractivity contribution < 1.29 is 0 Å². The molecule has 0 atom stereocenters. The Balaban J connectivity index is 2.24. The van der Waals surface area contributed by atoms with Crippen molar-refractivity contribution in [2.24, 2.45) is 0 Å². The van der Waals surface area contributed by atoms with Crippen molar-refractivity contribution in [1.82, 2.24) is 0 Å². The van der Waals surface area contributed by atoms with Gasteiger partial charge in [-0.15, -0.1) is 0 Å². The van der Waals surface area contributed by atoms with Gasteiger partial charge < -0.3 is 5.73 Å². The van der Waals surface area contributed by atoms with E-state index in [1.165, 1.54) is 4.90 Å². The van der Waals surface area contributed by atoms with Crippen LogP contribution >= 0.6 is 11.8 Å². The van der Waals surface area contributed by atoms with E-state index in [9.17, 15) is 0 Å². The molecule has 2 N–H and O–H groups in total. The average Bonchev–Trinajstić information content (AvgIpc) is 2.23. The summed E-state index contributed by atoms with van der Waals surface area (Å²) in [5.74, 6) is 0. The van der Waals surface area contributed by atoms with Gasteiger partial charge in [0.15, 0.2) is 0 Å². The molecule has 2 aromatic carbocycles. The van der Waals surface area contributed by atoms with Crippen LogP contribution in [0.4, 0.5) is 5.69 Å². The van der Waals surface area contributed by atoms with Crippen molar-refractivity contribution in [3.8, 4) is 0 Å². The zero-order valence-corrected chi connectivity index (χ0v) is 8.50. The highest BCUT2D eigenvalue weighted by molar-refractivity contribution is 7.99. The van der Waals surface area contributed by atoms with Gasteiger partial charge in [-0.3, -0.25) is 0 Å². The molecule has 0 aromatic heterocycles. The summed E-state index contributed by atoms with van der Waals surface area (Å²) in [7, 11) is 0. The molecule has 70 valence electrons. The number of anilines is 1. The Kier molecular flexibility index (Phi) is 2.75. The summed E-state index contributed by atoms with van der Waals surface area (Å²) in [5, 5.41) is 0. The third-order valence-electron chi connectivity index (χ3n) is 1.89. The third-order valence-corrected chi connectivity index (χ3v) is 2.99. The van der Waals surface area contributed by atoms with Crippen molar-refractivity contribution in [2.45, 2.75) is 9.79 Å². The molecular formula is C12H11NS. The van der Waals surface area contributed by atoms with Crippen molar-refractivity contribution >= 4 is 17.4 Å². The van der Waals surface area contributed by atoms with Gasteiger partial charge in [0, 0.05) is 15.5 Å². The molecule has 0 saturated carbocycles. The number of rotatable bonds is 2. The van der Waals surface area contributed by atoms with Gasteiger partial charge in [-0.05, 0) is 24.3 Å². The topological polar surface area (TPSA) is 26.0 Å². The van der Waals surface area contributed by atoms with Crippen LogP contribution < -0.4 is 5.73 Å². The van der Waals surface area contributed by atoms with Crippen LogP contribution in [0.15, 0.2) is 64.4 Å². The lowest BCUT2D eigenvalue weighted by Gasteiger charge is -2.03. The van der Waals surface area contributed by atoms with E-state index in [4.69, 9.17) is 5.73 Å². The molecule has 2 aromatic rings. The lowest BCUT2D eigenvalue weighted by Crippen LogP contribution is -1.86. The minimum atomic E-state index is 0.835. The molecule has 0 saturated heterocycles. The largest absolute Gasteiger partial charge is 0.398 e. The fraction of sp³-hybridized carbons (Fsp3) is 0. The van der Waals surface area contributed by atoms with Crippen LogP contribution in [-0.2, 0) is 0 Å². The summed E-state index contributed by atoms with van der Waals surface area (Å²) in [5.41, 5.74) is 6.68. The van der Waals surface area contributed by atoms with Gasteiger partial charge in [0.25, 0.3) is 0 Å². The van der Waals surface area contributed by atoms with Crippen molar-refractivity contribution in [1.29, 1.82) is 0 Å². The quantitative estimate of drug-likeness (QED) is 0.753. The van der Waals surface area contributed by atoms with Gasteiger partial charge in [-0.1, -0.05) is 42.1 Å². The van der Waals surface area contributed by atoms with Gasteiger partial charge in [0.05, 0.1) is 0 Å². The normalized spacial score (nSPS) is 10.0. The van der Waals surface area contributed by atoms with Crippen LogP contribution in [0.25, 0.3) is 0 Å². The summed E-state index contributed by atoms with van der Waals surface area (Å²) in [6.07, 6.45) is 0. The van der Waals surface area contributed by atoms with Crippen molar-refractivity contribution in [3.63, 3.8) is 0 Å². The maximum absolute atomic E-state index is 5.85. The molecule has 0 spiro atoms. The highest BCUT2D eigenvalue weighted by Gasteiger charge is 1.99. The Morgan fingerprint density at radius 2 is 1.43 bits per heavy atom. The Bertz CT molecular complexity index is 412. The summed E-state index contributed by atoms with van der Waals surface area (Å²) < 4.78 is 0. The number of hydrogen-bond donors (Lipinski definition) is 1. The third kappa shape index (κ3) is 2.09. The van der Waals surface area contributed by atoms with Crippen LogP contribution in [0.2, 0.25) is 0 Å². The predicted octanol–water partition coefficient (Wildman–Crippen LogP) is 3.42. The van der Waals surface area contributed by atoms with Crippen LogP contribution in [0.5, 0.6) is 0 Å². The number of benzene rings is 2. The van der Waals surface area contributed by atoms with Crippen LogP contribution in [0.1, 0.15) is 0 Å². The van der Waals surface area contributed by atoms with Crippen LogP contribution in [-0.4, -0.2) is 0 Å². The molecule has 2 heteroatoms. The Hall–Kier alpha value is -1.41. The first kappa shape index (κ1) is 9.16. The lowest BCUT2D eigenvalue weighted by atomic mass is 10.3. The maximum atomic E-state index is 5.85. The Labute approximate surface area is 88.0 Å². The molecule has 0 fully saturated rings. The van der Waals surface area contributed by atoms with E-state index in [0.717, 1.165) is 10.6 Å². The van der Waals surface area contributed by atoms with E-state index in [2.05, 4.69) is 12.1 Å². The molecule has 0 heterocycles. The molecule has 0 radical (unpaired) electrons. The molecule has 1 nitrogen and oxygen atoms in total. The van der Waals surface area contributed by atoms with Gasteiger partial charge in [-0.2, -0.15) is 0 Å². The SMILES string of the molecule is Nc1ccccc1Sc1ccccc1. The monoisotopic (exact) mass is 201 g/mol. The summed E-state index contributed by atoms with van der Waals surface area (Å²) in [4.78, 5) is 2.32. The molecule has 0 bridgehead atoms. The van der Waals surface area contributed by atoms with Crippen LogP contribution in [0.3, 0.4) is 0 Å². The van der Waals surface area contributed by atoms with E-state index >= 15 is 0 Å². The van der Waals surface area contributed by atoms with E-state index in [0.29, 0.717) is 0 Å². The number of nitrogen functional groups attached to an aromatic ring is 1. The van der Waals surface area contributed by atoms with E-state index in [1.807, 2.05) is 42.5 Å². The molecule has 2 rings (SSSR count). The molecule has 0 aliphatic rings. The highest BCUT2D eigenvalue weighted by Crippen LogP contribution is 2.31. The molecule has 0 aliphatic heterocycles. The van der Waals surface area contributed by atoms with E-state index in [1.54, 1.807) is 11.8 Å². The lowest BCUT2D eigenvalue weighted by molar-refractivity contribution is 1.41. The second-order valence-corrected chi connectivity index (χ2v) is 4.07. The van der Waals surface area contributed by atoms with Crippen molar-refractivity contribution in [2.75, 3.05) is 5.73 Å². The molecule has 0 amide bonds. The summed E-state index contributed by atoms with van der Waals surface area (Å²) in [6.45, 7) is 0. The molecule has 14 heavy (non-hydrogen) atoms. The van der Waals surface area contributed by atoms with Gasteiger partial charge in [0.2, 0.25) is 0 Å². The predicted molar refractivity (Wildman–Crippen MR) is 61.4 cm³/mol. The van der Waals surface area contributed by atoms with Gasteiger partial charge in [0.1, 0.15) is 0 Å². The second kappa shape index (κ2) is 4.20. The van der Waals surface area contributed by atoms with Gasteiger partial charge in [-0.25, -0.2) is 0 Å². The zero-order chi connectivity index (χ0) is 9.80. The molecule has 0 aliphatic carbocycles. The van der Waals surface area contributed by atoms with Gasteiger partial charge >= 0.3 is 0 Å². The first-order valence-electron chi connectivity index (χ1n) is 4.43. The second-order valence-electron chi connectivity index (χ2n) is 2.95. The first-order valence-corrected chi connectivity index (χ1v) is 5.25. The smallest absolute Gasteiger partial charge is 0.0455 e. The fourth-order valence-electron chi connectivity index (χ4n) is 1.19. The Morgan fingerprint density at radius 3 is 2.14 bits per heavy atom. The fourth-order valence-corrected chi connectivity index (χ4v) is 2.07. The number of hydrogen-bond acceptors (Lipinski definition) is 2. The average molecular weight is 201 g/mol. The summed E-state index contributed by atoms with van der Waals surface area (Å²) in [6, 6.07) is 18.1. The minimum absolute atomic E-state index is 0.835. The van der Waals surface area contributed by atoms with E-state index < -0.39 is 0 Å². The number of para-hydroxylation sites is 1. The number of nitrogens with two attached hydrogens (primary N) is 1. The maximum Gasteiger partial charge on any atom is 0.0455 e.